The molecule has 138 valence electrons. The molecule has 2 aliphatic rings. The molecule has 0 aliphatic carbocycles. The zero-order valence-electron chi connectivity index (χ0n) is 14.9. The van der Waals surface area contributed by atoms with Gasteiger partial charge in [-0.25, -0.2) is 4.79 Å². The highest BCUT2D eigenvalue weighted by Gasteiger charge is 2.63. The molecule has 2 aliphatic heterocycles. The number of aromatic amines is 1. The van der Waals surface area contributed by atoms with Crippen LogP contribution in [0.5, 0.6) is 0 Å². The second kappa shape index (κ2) is 6.05. The van der Waals surface area contributed by atoms with E-state index in [-0.39, 0.29) is 18.9 Å². The van der Waals surface area contributed by atoms with Crippen LogP contribution >= 0.6 is 0 Å². The predicted octanol–water partition coefficient (Wildman–Crippen LogP) is 0.988. The standard InChI is InChI=1S/C18H17BN2O5S/c1-18(2)15(21-12(22)6-13(21)27(18)25)17(24)26-8-9-4-3-5-11-14(9)10(7-20-11)16(19)23/h3-5,7,13,15,20H,6,8H2,1-2H3. The molecule has 2 radical (unpaired) electrons. The Morgan fingerprint density at radius 2 is 2.15 bits per heavy atom. The molecular weight excluding hydrogens is 367 g/mol. The van der Waals surface area contributed by atoms with Crippen molar-refractivity contribution >= 4 is 47.1 Å². The fourth-order valence-corrected chi connectivity index (χ4v) is 5.76. The summed E-state index contributed by atoms with van der Waals surface area (Å²) in [6, 6.07) is 4.42. The van der Waals surface area contributed by atoms with E-state index in [4.69, 9.17) is 12.6 Å². The van der Waals surface area contributed by atoms with Crippen LogP contribution < -0.4 is 0 Å². The minimum atomic E-state index is -1.33. The molecule has 9 heteroatoms. The van der Waals surface area contributed by atoms with Gasteiger partial charge in [-0.3, -0.25) is 9.00 Å². The molecule has 2 fully saturated rings. The third kappa shape index (κ3) is 2.55. The van der Waals surface area contributed by atoms with Crippen LogP contribution in [0.15, 0.2) is 24.4 Å². The molecule has 4 rings (SSSR count). The molecular formula is C18H17BN2O5S. The number of ether oxygens (including phenoxy) is 1. The Balaban J connectivity index is 1.59. The quantitative estimate of drug-likeness (QED) is 0.482. The Labute approximate surface area is 159 Å². The zero-order valence-corrected chi connectivity index (χ0v) is 15.7. The molecule has 27 heavy (non-hydrogen) atoms. The first-order valence-corrected chi connectivity index (χ1v) is 9.72. The number of amides is 1. The van der Waals surface area contributed by atoms with Crippen LogP contribution in [0.4, 0.5) is 0 Å². The molecule has 1 aromatic carbocycles. The van der Waals surface area contributed by atoms with Gasteiger partial charge in [0.25, 0.3) is 0 Å². The molecule has 1 aromatic heterocycles. The zero-order chi connectivity index (χ0) is 19.5. The van der Waals surface area contributed by atoms with Crippen molar-refractivity contribution in [2.45, 2.75) is 43.0 Å². The van der Waals surface area contributed by atoms with Crippen molar-refractivity contribution in [2.24, 2.45) is 0 Å². The molecule has 0 saturated carbocycles. The van der Waals surface area contributed by atoms with E-state index in [1.54, 1.807) is 32.0 Å². The molecule has 0 bridgehead atoms. The molecule has 1 amide bonds. The predicted molar refractivity (Wildman–Crippen MR) is 99.4 cm³/mol. The number of esters is 1. The Kier molecular flexibility index (Phi) is 4.03. The Hall–Kier alpha value is -2.42. The molecule has 1 N–H and O–H groups in total. The first-order valence-electron chi connectivity index (χ1n) is 8.50. The largest absolute Gasteiger partial charge is 0.459 e. The number of aromatic nitrogens is 1. The van der Waals surface area contributed by atoms with Crippen molar-refractivity contribution in [3.8, 4) is 0 Å². The number of benzene rings is 1. The lowest BCUT2D eigenvalue weighted by Crippen LogP contribution is -2.57. The number of nitrogens with zero attached hydrogens (tertiary/aromatic N) is 1. The maximum absolute atomic E-state index is 12.8. The minimum Gasteiger partial charge on any atom is -0.459 e. The number of hydrogen-bond acceptors (Lipinski definition) is 5. The first-order chi connectivity index (χ1) is 12.7. The number of β-lactam (4-membered cyclic amide) rings is 1. The molecule has 2 saturated heterocycles. The molecule has 3 atom stereocenters. The lowest BCUT2D eigenvalue weighted by atomic mass is 9.93. The monoisotopic (exact) mass is 384 g/mol. The van der Waals surface area contributed by atoms with Crippen LogP contribution in [0.25, 0.3) is 10.9 Å². The summed E-state index contributed by atoms with van der Waals surface area (Å²) in [6.45, 7) is 3.33. The van der Waals surface area contributed by atoms with Gasteiger partial charge in [-0.15, -0.1) is 0 Å². The molecule has 0 spiro atoms. The van der Waals surface area contributed by atoms with Gasteiger partial charge in [0.05, 0.1) is 22.0 Å². The number of fused-ring (bicyclic) bond motifs is 2. The van der Waals surface area contributed by atoms with E-state index in [1.165, 1.54) is 11.1 Å². The van der Waals surface area contributed by atoms with Crippen molar-refractivity contribution in [2.75, 3.05) is 0 Å². The van der Waals surface area contributed by atoms with E-state index in [0.717, 1.165) is 0 Å². The van der Waals surface area contributed by atoms with E-state index < -0.39 is 38.6 Å². The average Bonchev–Trinajstić information content (AvgIpc) is 3.11. The summed E-state index contributed by atoms with van der Waals surface area (Å²) >= 11 is 0. The van der Waals surface area contributed by atoms with Crippen LogP contribution in [0.1, 0.15) is 36.2 Å². The van der Waals surface area contributed by atoms with Crippen LogP contribution in [0, 0.1) is 0 Å². The van der Waals surface area contributed by atoms with E-state index in [0.29, 0.717) is 22.0 Å². The van der Waals surface area contributed by atoms with Gasteiger partial charge in [-0.2, -0.15) is 0 Å². The van der Waals surface area contributed by atoms with E-state index in [9.17, 15) is 18.6 Å². The third-order valence-corrected chi connectivity index (χ3v) is 7.45. The van der Waals surface area contributed by atoms with Crippen molar-refractivity contribution < 1.29 is 23.3 Å². The highest BCUT2D eigenvalue weighted by Crippen LogP contribution is 2.43. The van der Waals surface area contributed by atoms with Crippen molar-refractivity contribution in [1.82, 2.24) is 9.88 Å². The van der Waals surface area contributed by atoms with Crippen LogP contribution in [0.2, 0.25) is 0 Å². The summed E-state index contributed by atoms with van der Waals surface area (Å²) in [5.41, 5.74) is 1.07. The number of carbonyl (C=O) groups is 3. The topological polar surface area (TPSA) is 96.5 Å². The summed E-state index contributed by atoms with van der Waals surface area (Å²) in [7, 11) is 4.08. The third-order valence-electron chi connectivity index (χ3n) is 5.30. The minimum absolute atomic E-state index is 0.0831. The van der Waals surface area contributed by atoms with E-state index in [1.807, 2.05) is 0 Å². The van der Waals surface area contributed by atoms with Gasteiger partial charge < -0.3 is 19.4 Å². The number of carbonyl (C=O) groups excluding carboxylic acids is 3. The maximum atomic E-state index is 12.8. The van der Waals surface area contributed by atoms with Crippen LogP contribution in [-0.4, -0.2) is 55.7 Å². The Morgan fingerprint density at radius 1 is 1.41 bits per heavy atom. The van der Waals surface area contributed by atoms with Gasteiger partial charge >= 0.3 is 5.97 Å². The number of H-pyrrole nitrogens is 1. The summed E-state index contributed by atoms with van der Waals surface area (Å²) < 4.78 is 17.1. The molecule has 3 unspecified atom stereocenters. The second-order valence-electron chi connectivity index (χ2n) is 7.28. The summed E-state index contributed by atoms with van der Waals surface area (Å²) in [6.07, 6.45) is 1.72. The maximum Gasteiger partial charge on any atom is 0.330 e. The highest BCUT2D eigenvalue weighted by atomic mass is 32.2. The van der Waals surface area contributed by atoms with Gasteiger partial charge in [0.1, 0.15) is 23.7 Å². The average molecular weight is 384 g/mol. The Morgan fingerprint density at radius 3 is 2.81 bits per heavy atom. The van der Waals surface area contributed by atoms with Crippen molar-refractivity contribution in [3.05, 3.63) is 35.5 Å². The second-order valence-corrected chi connectivity index (χ2v) is 9.47. The molecule has 7 nitrogen and oxygen atoms in total. The van der Waals surface area contributed by atoms with Crippen LogP contribution in [-0.2, 0) is 31.7 Å². The first kappa shape index (κ1) is 18.0. The lowest BCUT2D eigenvalue weighted by molar-refractivity contribution is -0.162. The summed E-state index contributed by atoms with van der Waals surface area (Å²) in [5, 5.41) is 0.185. The van der Waals surface area contributed by atoms with Crippen LogP contribution in [0.3, 0.4) is 0 Å². The smallest absolute Gasteiger partial charge is 0.330 e. The van der Waals surface area contributed by atoms with Gasteiger partial charge in [0.2, 0.25) is 5.91 Å². The summed E-state index contributed by atoms with van der Waals surface area (Å²) in [5.74, 6) is -0.790. The number of nitrogens with one attached hydrogen (secondary N) is 1. The number of rotatable bonds is 4. The van der Waals surface area contributed by atoms with Gasteiger partial charge in [-0.1, -0.05) is 12.1 Å². The van der Waals surface area contributed by atoms with Gasteiger partial charge in [-0.05, 0) is 25.5 Å². The fraction of sp³-hybridized carbons (Fsp3) is 0.389. The Bertz CT molecular complexity index is 1010. The molecule has 2 aromatic rings. The highest BCUT2D eigenvalue weighted by molar-refractivity contribution is 7.87. The van der Waals surface area contributed by atoms with Gasteiger partial charge in [0.15, 0.2) is 7.85 Å². The molecule has 3 heterocycles. The van der Waals surface area contributed by atoms with Gasteiger partial charge in [0, 0.05) is 22.7 Å². The fourth-order valence-electron chi connectivity index (χ4n) is 3.89. The normalized spacial score (nSPS) is 25.9. The number of hydrogen-bond donors (Lipinski definition) is 1. The van der Waals surface area contributed by atoms with E-state index >= 15 is 0 Å². The van der Waals surface area contributed by atoms with E-state index in [2.05, 4.69) is 4.98 Å². The lowest BCUT2D eigenvalue weighted by Gasteiger charge is -2.36. The van der Waals surface area contributed by atoms with Crippen molar-refractivity contribution in [3.63, 3.8) is 0 Å². The van der Waals surface area contributed by atoms with Crippen molar-refractivity contribution in [1.29, 1.82) is 0 Å². The SMILES string of the molecule is [B]C(=O)c1c[nH]c2cccc(COC(=O)C3N4C(=O)CC4S(=O)C3(C)C)c12. The summed E-state index contributed by atoms with van der Waals surface area (Å²) in [4.78, 5) is 40.7.